The summed E-state index contributed by atoms with van der Waals surface area (Å²) in [6.07, 6.45) is 2.29. The van der Waals surface area contributed by atoms with Gasteiger partial charge in [-0.15, -0.1) is 0 Å². The molecule has 0 N–H and O–H groups in total. The molecule has 120 valence electrons. The Morgan fingerprint density at radius 3 is 2.65 bits per heavy atom. The third-order valence-corrected chi connectivity index (χ3v) is 4.56. The molecule has 0 radical (unpaired) electrons. The van der Waals surface area contributed by atoms with Crippen LogP contribution in [0, 0.1) is 13.8 Å². The Labute approximate surface area is 144 Å². The molecule has 0 spiro atoms. The van der Waals surface area contributed by atoms with Crippen LogP contribution >= 0.6 is 23.2 Å². The summed E-state index contributed by atoms with van der Waals surface area (Å²) in [6, 6.07) is 5.07. The smallest absolute Gasteiger partial charge is 0.240 e. The van der Waals surface area contributed by atoms with Gasteiger partial charge in [0.15, 0.2) is 0 Å². The highest BCUT2D eigenvalue weighted by molar-refractivity contribution is 6.35. The van der Waals surface area contributed by atoms with Gasteiger partial charge in [-0.1, -0.05) is 29.3 Å². The highest BCUT2D eigenvalue weighted by atomic mass is 35.5. The number of carbonyl (C=O) groups excluding carboxylic acids is 1. The van der Waals surface area contributed by atoms with Crippen LogP contribution in [0.2, 0.25) is 10.0 Å². The number of furan rings is 1. The van der Waals surface area contributed by atoms with Gasteiger partial charge >= 0.3 is 0 Å². The zero-order chi connectivity index (χ0) is 16.7. The number of hydrazone groups is 1. The fraction of sp³-hybridized carbons (Fsp3) is 0.294. The number of hydrogen-bond donors (Lipinski definition) is 0. The molecular weight excluding hydrogens is 335 g/mol. The van der Waals surface area contributed by atoms with Crippen LogP contribution in [-0.2, 0) is 4.79 Å². The Morgan fingerprint density at radius 1 is 1.35 bits per heavy atom. The maximum absolute atomic E-state index is 12.0. The van der Waals surface area contributed by atoms with E-state index >= 15 is 0 Å². The normalized spacial score (nSPS) is 17.5. The first-order chi connectivity index (χ1) is 10.9. The number of rotatable bonds is 2. The van der Waals surface area contributed by atoms with Gasteiger partial charge in [-0.05, 0) is 37.1 Å². The third kappa shape index (κ3) is 2.89. The van der Waals surface area contributed by atoms with Gasteiger partial charge in [-0.2, -0.15) is 5.10 Å². The van der Waals surface area contributed by atoms with Crippen LogP contribution < -0.4 is 0 Å². The van der Waals surface area contributed by atoms with Crippen molar-refractivity contribution in [1.82, 2.24) is 5.01 Å². The van der Waals surface area contributed by atoms with Gasteiger partial charge in [0.2, 0.25) is 5.91 Å². The highest BCUT2D eigenvalue weighted by Gasteiger charge is 2.34. The number of aryl methyl sites for hydroxylation is 2. The summed E-state index contributed by atoms with van der Waals surface area (Å²) in [5.74, 6) is 0.669. The minimum Gasteiger partial charge on any atom is -0.469 e. The van der Waals surface area contributed by atoms with Gasteiger partial charge < -0.3 is 4.42 Å². The Morgan fingerprint density at radius 2 is 2.09 bits per heavy atom. The predicted octanol–water partition coefficient (Wildman–Crippen LogP) is 4.90. The average molecular weight is 351 g/mol. The molecule has 6 heteroatoms. The van der Waals surface area contributed by atoms with Crippen molar-refractivity contribution in [3.63, 3.8) is 0 Å². The Balaban J connectivity index is 2.02. The number of hydrogen-bond acceptors (Lipinski definition) is 3. The van der Waals surface area contributed by atoms with Crippen molar-refractivity contribution in [1.29, 1.82) is 0 Å². The van der Waals surface area contributed by atoms with Gasteiger partial charge in [0.25, 0.3) is 0 Å². The molecule has 0 saturated carbocycles. The van der Waals surface area contributed by atoms with Crippen LogP contribution in [-0.4, -0.2) is 16.6 Å². The van der Waals surface area contributed by atoms with Crippen molar-refractivity contribution in [3.05, 3.63) is 57.0 Å². The lowest BCUT2D eigenvalue weighted by Gasteiger charge is -2.21. The first-order valence-corrected chi connectivity index (χ1v) is 8.01. The second kappa shape index (κ2) is 6.02. The molecule has 2 aromatic rings. The van der Waals surface area contributed by atoms with E-state index in [1.165, 1.54) is 11.9 Å². The van der Waals surface area contributed by atoms with Gasteiger partial charge in [-0.25, -0.2) is 5.01 Å². The van der Waals surface area contributed by atoms with Gasteiger partial charge in [0.1, 0.15) is 5.76 Å². The van der Waals surface area contributed by atoms with E-state index in [2.05, 4.69) is 5.10 Å². The second-order valence-electron chi connectivity index (χ2n) is 5.65. The van der Waals surface area contributed by atoms with Gasteiger partial charge in [-0.3, -0.25) is 4.79 Å². The van der Waals surface area contributed by atoms with Crippen LogP contribution in [0.4, 0.5) is 0 Å². The first kappa shape index (κ1) is 16.1. The Kier molecular flexibility index (Phi) is 4.21. The van der Waals surface area contributed by atoms with E-state index in [0.717, 1.165) is 28.2 Å². The second-order valence-corrected chi connectivity index (χ2v) is 6.49. The Hall–Kier alpha value is -1.78. The molecule has 1 aliphatic heterocycles. The van der Waals surface area contributed by atoms with E-state index in [4.69, 9.17) is 27.6 Å². The standard InChI is InChI=1S/C17H16Cl2N2O2/c1-9-8-23-10(2)17(9)15-7-16(21(20-15)11(3)22)13-5-4-12(18)6-14(13)19/h4-6,8,16H,7H2,1-3H3/t16-/m0/s1. The van der Waals surface area contributed by atoms with Crippen molar-refractivity contribution < 1.29 is 9.21 Å². The molecule has 1 aliphatic rings. The molecule has 0 bridgehead atoms. The molecule has 1 amide bonds. The van der Waals surface area contributed by atoms with E-state index in [0.29, 0.717) is 16.5 Å². The molecule has 1 aromatic heterocycles. The maximum Gasteiger partial charge on any atom is 0.240 e. The van der Waals surface area contributed by atoms with Crippen LogP contribution in [0.5, 0.6) is 0 Å². The number of halogens is 2. The first-order valence-electron chi connectivity index (χ1n) is 7.25. The molecular formula is C17H16Cl2N2O2. The lowest BCUT2D eigenvalue weighted by Crippen LogP contribution is -2.24. The summed E-state index contributed by atoms with van der Waals surface area (Å²) in [7, 11) is 0. The van der Waals surface area contributed by atoms with E-state index in [9.17, 15) is 4.79 Å². The molecule has 0 unspecified atom stereocenters. The largest absolute Gasteiger partial charge is 0.469 e. The number of benzene rings is 1. The summed E-state index contributed by atoms with van der Waals surface area (Å²) < 4.78 is 5.46. The fourth-order valence-electron chi connectivity index (χ4n) is 2.97. The highest BCUT2D eigenvalue weighted by Crippen LogP contribution is 2.38. The van der Waals surface area contributed by atoms with Crippen LogP contribution in [0.1, 0.15) is 41.8 Å². The number of nitrogens with zero attached hydrogens (tertiary/aromatic N) is 2. The van der Waals surface area contributed by atoms with Crippen molar-refractivity contribution in [3.8, 4) is 0 Å². The summed E-state index contributed by atoms with van der Waals surface area (Å²) in [5.41, 5.74) is 3.64. The molecule has 1 aromatic carbocycles. The van der Waals surface area contributed by atoms with Crippen LogP contribution in [0.25, 0.3) is 0 Å². The molecule has 3 rings (SSSR count). The zero-order valence-electron chi connectivity index (χ0n) is 13.1. The SMILES string of the molecule is CC(=O)N1N=C(c2c(C)coc2C)C[C@H]1c1ccc(Cl)cc1Cl. The van der Waals surface area contributed by atoms with Crippen molar-refractivity contribution in [2.24, 2.45) is 5.10 Å². The van der Waals surface area contributed by atoms with Gasteiger partial charge in [0.05, 0.1) is 18.0 Å². The van der Waals surface area contributed by atoms with E-state index in [-0.39, 0.29) is 11.9 Å². The van der Waals surface area contributed by atoms with Gasteiger partial charge in [0, 0.05) is 29.0 Å². The van der Waals surface area contributed by atoms with E-state index in [1.54, 1.807) is 18.4 Å². The summed E-state index contributed by atoms with van der Waals surface area (Å²) >= 11 is 12.3. The summed E-state index contributed by atoms with van der Waals surface area (Å²) in [4.78, 5) is 12.0. The van der Waals surface area contributed by atoms with Crippen molar-refractivity contribution >= 4 is 34.8 Å². The zero-order valence-corrected chi connectivity index (χ0v) is 14.6. The Bertz CT molecular complexity index is 791. The molecule has 2 heterocycles. The van der Waals surface area contributed by atoms with Crippen LogP contribution in [0.15, 0.2) is 34.0 Å². The predicted molar refractivity (Wildman–Crippen MR) is 91.1 cm³/mol. The average Bonchev–Trinajstić information content (AvgIpc) is 3.03. The number of carbonyl (C=O) groups is 1. The van der Waals surface area contributed by atoms with Crippen molar-refractivity contribution in [2.75, 3.05) is 0 Å². The molecule has 23 heavy (non-hydrogen) atoms. The molecule has 0 saturated heterocycles. The molecule has 4 nitrogen and oxygen atoms in total. The van der Waals surface area contributed by atoms with E-state index < -0.39 is 0 Å². The maximum atomic E-state index is 12.0. The van der Waals surface area contributed by atoms with Crippen LogP contribution in [0.3, 0.4) is 0 Å². The van der Waals surface area contributed by atoms with Crippen molar-refractivity contribution in [2.45, 2.75) is 33.2 Å². The lowest BCUT2D eigenvalue weighted by molar-refractivity contribution is -0.130. The quantitative estimate of drug-likeness (QED) is 0.772. The molecule has 0 aliphatic carbocycles. The minimum atomic E-state index is -0.235. The topological polar surface area (TPSA) is 45.8 Å². The monoisotopic (exact) mass is 350 g/mol. The summed E-state index contributed by atoms with van der Waals surface area (Å²) in [6.45, 7) is 5.36. The third-order valence-electron chi connectivity index (χ3n) is 4.00. The minimum absolute atomic E-state index is 0.130. The van der Waals surface area contributed by atoms with E-state index in [1.807, 2.05) is 19.9 Å². The fourth-order valence-corrected chi connectivity index (χ4v) is 3.50. The molecule has 0 fully saturated rings. The lowest BCUT2D eigenvalue weighted by atomic mass is 9.97. The number of amides is 1. The summed E-state index contributed by atoms with van der Waals surface area (Å²) in [5, 5.41) is 7.10. The molecule has 1 atom stereocenters.